The van der Waals surface area contributed by atoms with Crippen molar-refractivity contribution < 1.29 is 8.42 Å². The number of sulfonamides is 1. The van der Waals surface area contributed by atoms with Gasteiger partial charge in [0.1, 0.15) is 4.21 Å². The Morgan fingerprint density at radius 2 is 2.11 bits per heavy atom. The second kappa shape index (κ2) is 6.34. The quantitative estimate of drug-likeness (QED) is 0.892. The summed E-state index contributed by atoms with van der Waals surface area (Å²) >= 11 is 1.25. The van der Waals surface area contributed by atoms with Gasteiger partial charge >= 0.3 is 0 Å². The Bertz CT molecular complexity index is 453. The van der Waals surface area contributed by atoms with Gasteiger partial charge in [-0.05, 0) is 42.8 Å². The first kappa shape index (κ1) is 15.9. The fourth-order valence-electron chi connectivity index (χ4n) is 1.96. The van der Waals surface area contributed by atoms with Crippen LogP contribution in [0, 0.1) is 5.41 Å². The topological polar surface area (TPSA) is 58.2 Å². The van der Waals surface area contributed by atoms with Crippen LogP contribution in [0.2, 0.25) is 0 Å². The van der Waals surface area contributed by atoms with Crippen LogP contribution in [0.1, 0.15) is 19.8 Å². The van der Waals surface area contributed by atoms with E-state index in [0.29, 0.717) is 10.8 Å². The molecule has 7 heteroatoms. The molecule has 0 aliphatic carbocycles. The summed E-state index contributed by atoms with van der Waals surface area (Å²) in [5, 5.41) is 5.07. The summed E-state index contributed by atoms with van der Waals surface area (Å²) in [6.45, 7) is 4.61. The molecule has 18 heavy (non-hydrogen) atoms. The van der Waals surface area contributed by atoms with E-state index in [1.807, 2.05) is 0 Å². The van der Waals surface area contributed by atoms with E-state index >= 15 is 0 Å². The molecule has 104 valence electrons. The monoisotopic (exact) mass is 310 g/mol. The largest absolute Gasteiger partial charge is 0.317 e. The molecule has 2 N–H and O–H groups in total. The molecule has 0 aromatic carbocycles. The number of halogens is 1. The highest BCUT2D eigenvalue weighted by Gasteiger charge is 2.28. The maximum Gasteiger partial charge on any atom is 0.250 e. The van der Waals surface area contributed by atoms with Crippen LogP contribution in [0.25, 0.3) is 0 Å². The van der Waals surface area contributed by atoms with E-state index in [1.54, 1.807) is 17.5 Å². The van der Waals surface area contributed by atoms with Gasteiger partial charge in [-0.1, -0.05) is 13.0 Å². The van der Waals surface area contributed by atoms with Gasteiger partial charge in [0, 0.05) is 6.54 Å². The molecule has 1 aliphatic heterocycles. The molecule has 1 aromatic heterocycles. The second-order valence-electron chi connectivity index (χ2n) is 4.82. The normalized spacial score (nSPS) is 19.2. The Hall–Kier alpha value is -0.140. The molecule has 2 heterocycles. The van der Waals surface area contributed by atoms with Gasteiger partial charge in [-0.2, -0.15) is 0 Å². The molecule has 0 saturated carbocycles. The van der Waals surface area contributed by atoms with Crippen molar-refractivity contribution in [2.75, 3.05) is 19.6 Å². The molecule has 1 saturated heterocycles. The molecule has 4 nitrogen and oxygen atoms in total. The third kappa shape index (κ3) is 3.93. The molecule has 2 rings (SSSR count). The molecule has 0 unspecified atom stereocenters. The molecule has 0 radical (unpaired) electrons. The minimum atomic E-state index is -3.31. The van der Waals surface area contributed by atoms with Crippen molar-refractivity contribution in [2.24, 2.45) is 5.41 Å². The summed E-state index contributed by atoms with van der Waals surface area (Å²) in [6.07, 6.45) is 2.03. The maximum atomic E-state index is 12.0. The van der Waals surface area contributed by atoms with Gasteiger partial charge < -0.3 is 5.32 Å². The summed E-state index contributed by atoms with van der Waals surface area (Å²) < 4.78 is 27.0. The highest BCUT2D eigenvalue weighted by molar-refractivity contribution is 7.91. The summed E-state index contributed by atoms with van der Waals surface area (Å²) in [5.41, 5.74) is 0.0789. The highest BCUT2D eigenvalue weighted by atomic mass is 35.5. The zero-order valence-corrected chi connectivity index (χ0v) is 12.8. The maximum absolute atomic E-state index is 12.0. The number of rotatable bonds is 4. The number of piperidine rings is 1. The smallest absolute Gasteiger partial charge is 0.250 e. The lowest BCUT2D eigenvalue weighted by Gasteiger charge is -2.33. The third-order valence-corrected chi connectivity index (χ3v) is 6.06. The van der Waals surface area contributed by atoms with Gasteiger partial charge in [-0.15, -0.1) is 23.7 Å². The van der Waals surface area contributed by atoms with Crippen molar-refractivity contribution in [3.05, 3.63) is 17.5 Å². The van der Waals surface area contributed by atoms with Crippen molar-refractivity contribution in [1.29, 1.82) is 0 Å². The van der Waals surface area contributed by atoms with Crippen LogP contribution >= 0.6 is 23.7 Å². The Balaban J connectivity index is 0.00000162. The first-order valence-corrected chi connectivity index (χ1v) is 8.12. The minimum absolute atomic E-state index is 0. The lowest BCUT2D eigenvalue weighted by atomic mass is 9.81. The predicted molar refractivity (Wildman–Crippen MR) is 77.0 cm³/mol. The van der Waals surface area contributed by atoms with Gasteiger partial charge in [0.25, 0.3) is 0 Å². The van der Waals surface area contributed by atoms with E-state index < -0.39 is 10.0 Å². The lowest BCUT2D eigenvalue weighted by Crippen LogP contribution is -2.42. The van der Waals surface area contributed by atoms with Gasteiger partial charge in [-0.3, -0.25) is 0 Å². The van der Waals surface area contributed by atoms with Crippen molar-refractivity contribution in [1.82, 2.24) is 10.0 Å². The van der Waals surface area contributed by atoms with E-state index in [4.69, 9.17) is 0 Å². The summed E-state index contributed by atoms with van der Waals surface area (Å²) in [7, 11) is -3.31. The fourth-order valence-corrected chi connectivity index (χ4v) is 4.20. The van der Waals surface area contributed by atoms with Gasteiger partial charge in [0.15, 0.2) is 0 Å². The van der Waals surface area contributed by atoms with Crippen LogP contribution in [0.15, 0.2) is 21.7 Å². The predicted octanol–water partition coefficient (Wildman–Crippen LogP) is 1.84. The van der Waals surface area contributed by atoms with Gasteiger partial charge in [0.05, 0.1) is 0 Å². The van der Waals surface area contributed by atoms with Gasteiger partial charge in [0.2, 0.25) is 10.0 Å². The number of nitrogens with one attached hydrogen (secondary N) is 2. The Labute approximate surface area is 119 Å². The third-order valence-electron chi connectivity index (χ3n) is 3.26. The fraction of sp³-hybridized carbons (Fsp3) is 0.636. The van der Waals surface area contributed by atoms with E-state index in [0.717, 1.165) is 25.9 Å². The Morgan fingerprint density at radius 3 is 2.67 bits per heavy atom. The lowest BCUT2D eigenvalue weighted by molar-refractivity contribution is 0.232. The molecule has 1 aromatic rings. The molecule has 1 fully saturated rings. The van der Waals surface area contributed by atoms with Crippen molar-refractivity contribution in [2.45, 2.75) is 24.0 Å². The number of hydrogen-bond donors (Lipinski definition) is 2. The SMILES string of the molecule is CC1(CNS(=O)(=O)c2cccs2)CCNCC1.Cl. The Kier molecular flexibility index (Phi) is 5.61. The van der Waals surface area contributed by atoms with E-state index in [2.05, 4.69) is 17.0 Å². The van der Waals surface area contributed by atoms with E-state index in [-0.39, 0.29) is 17.8 Å². The molecule has 1 aliphatic rings. The molecule has 0 atom stereocenters. The van der Waals surface area contributed by atoms with Crippen LogP contribution in [-0.2, 0) is 10.0 Å². The molecule has 0 spiro atoms. The van der Waals surface area contributed by atoms with Crippen molar-refractivity contribution in [3.8, 4) is 0 Å². The van der Waals surface area contributed by atoms with Crippen molar-refractivity contribution >= 4 is 33.8 Å². The minimum Gasteiger partial charge on any atom is -0.317 e. The number of hydrogen-bond acceptors (Lipinski definition) is 4. The highest BCUT2D eigenvalue weighted by Crippen LogP contribution is 2.27. The van der Waals surface area contributed by atoms with Crippen LogP contribution in [-0.4, -0.2) is 28.1 Å². The average Bonchev–Trinajstić information content (AvgIpc) is 2.82. The molecular weight excluding hydrogens is 292 g/mol. The van der Waals surface area contributed by atoms with E-state index in [1.165, 1.54) is 11.3 Å². The second-order valence-corrected chi connectivity index (χ2v) is 7.76. The molecule has 0 amide bonds. The van der Waals surface area contributed by atoms with Crippen LogP contribution in [0.3, 0.4) is 0 Å². The summed E-state index contributed by atoms with van der Waals surface area (Å²) in [6, 6.07) is 3.39. The first-order valence-electron chi connectivity index (χ1n) is 5.76. The molecule has 0 bridgehead atoms. The average molecular weight is 311 g/mol. The Morgan fingerprint density at radius 1 is 1.44 bits per heavy atom. The van der Waals surface area contributed by atoms with Crippen LogP contribution in [0.4, 0.5) is 0 Å². The van der Waals surface area contributed by atoms with Crippen molar-refractivity contribution in [3.63, 3.8) is 0 Å². The first-order chi connectivity index (χ1) is 8.02. The number of thiophene rings is 1. The zero-order chi connectivity index (χ0) is 12.4. The van der Waals surface area contributed by atoms with Crippen LogP contribution < -0.4 is 10.0 Å². The summed E-state index contributed by atoms with van der Waals surface area (Å²) in [5.74, 6) is 0. The molecular formula is C11H19ClN2O2S2. The van der Waals surface area contributed by atoms with Gasteiger partial charge in [-0.25, -0.2) is 13.1 Å². The summed E-state index contributed by atoms with van der Waals surface area (Å²) in [4.78, 5) is 0. The zero-order valence-electron chi connectivity index (χ0n) is 10.3. The van der Waals surface area contributed by atoms with Crippen LogP contribution in [0.5, 0.6) is 0 Å². The standard InChI is InChI=1S/C11H18N2O2S2.ClH/c1-11(4-6-12-7-5-11)9-13-17(14,15)10-3-2-8-16-10;/h2-3,8,12-13H,4-7,9H2,1H3;1H. The van der Waals surface area contributed by atoms with E-state index in [9.17, 15) is 8.42 Å².